The van der Waals surface area contributed by atoms with Crippen molar-refractivity contribution in [3.05, 3.63) is 41.5 Å². The van der Waals surface area contributed by atoms with Crippen LogP contribution >= 0.6 is 0 Å². The van der Waals surface area contributed by atoms with Gasteiger partial charge in [0.05, 0.1) is 11.6 Å². The van der Waals surface area contributed by atoms with E-state index in [2.05, 4.69) is 11.4 Å². The Kier molecular flexibility index (Phi) is 7.00. The van der Waals surface area contributed by atoms with Gasteiger partial charge in [0.2, 0.25) is 5.91 Å². The van der Waals surface area contributed by atoms with Crippen molar-refractivity contribution in [1.29, 1.82) is 5.26 Å². The first kappa shape index (κ1) is 14.9. The van der Waals surface area contributed by atoms with E-state index in [1.165, 1.54) is 6.08 Å². The second-order valence-electron chi connectivity index (χ2n) is 3.87. The normalized spacial score (nSPS) is 10.3. The third-order valence-corrected chi connectivity index (χ3v) is 2.46. The first-order chi connectivity index (χ1) is 9.27. The SMILES string of the molecule is CCOCCCNC(=O)/C=C/c1ccccc1C#N. The topological polar surface area (TPSA) is 62.1 Å². The molecule has 0 saturated heterocycles. The molecule has 0 unspecified atom stereocenters. The molecular formula is C15H18N2O2. The van der Waals surface area contributed by atoms with E-state index in [0.717, 1.165) is 12.0 Å². The van der Waals surface area contributed by atoms with Crippen LogP contribution in [0.2, 0.25) is 0 Å². The number of rotatable bonds is 7. The zero-order valence-electron chi connectivity index (χ0n) is 11.1. The van der Waals surface area contributed by atoms with Crippen LogP contribution in [-0.2, 0) is 9.53 Å². The molecule has 1 N–H and O–H groups in total. The van der Waals surface area contributed by atoms with E-state index in [1.807, 2.05) is 13.0 Å². The maximum absolute atomic E-state index is 11.5. The van der Waals surface area contributed by atoms with Crippen LogP contribution in [0.1, 0.15) is 24.5 Å². The van der Waals surface area contributed by atoms with Gasteiger partial charge >= 0.3 is 0 Å². The number of carbonyl (C=O) groups is 1. The summed E-state index contributed by atoms with van der Waals surface area (Å²) >= 11 is 0. The largest absolute Gasteiger partial charge is 0.382 e. The fraction of sp³-hybridized carbons (Fsp3) is 0.333. The van der Waals surface area contributed by atoms with E-state index >= 15 is 0 Å². The molecule has 1 aromatic rings. The van der Waals surface area contributed by atoms with Crippen molar-refractivity contribution in [3.8, 4) is 6.07 Å². The Morgan fingerprint density at radius 1 is 1.47 bits per heavy atom. The van der Waals surface area contributed by atoms with Gasteiger partial charge in [-0.25, -0.2) is 0 Å². The second-order valence-corrected chi connectivity index (χ2v) is 3.87. The van der Waals surface area contributed by atoms with Gasteiger partial charge in [-0.2, -0.15) is 5.26 Å². The zero-order chi connectivity index (χ0) is 13.9. The summed E-state index contributed by atoms with van der Waals surface area (Å²) in [5.41, 5.74) is 1.30. The Hall–Kier alpha value is -2.12. The number of carbonyl (C=O) groups excluding carboxylic acids is 1. The van der Waals surface area contributed by atoms with Crippen molar-refractivity contribution < 1.29 is 9.53 Å². The fourth-order valence-electron chi connectivity index (χ4n) is 1.50. The van der Waals surface area contributed by atoms with Gasteiger partial charge in [-0.15, -0.1) is 0 Å². The number of benzene rings is 1. The van der Waals surface area contributed by atoms with Crippen LogP contribution in [0, 0.1) is 11.3 Å². The lowest BCUT2D eigenvalue weighted by Crippen LogP contribution is -2.23. The molecule has 0 heterocycles. The van der Waals surface area contributed by atoms with Crippen LogP contribution in [0.15, 0.2) is 30.3 Å². The summed E-state index contributed by atoms with van der Waals surface area (Å²) in [5.74, 6) is -0.163. The molecule has 4 nitrogen and oxygen atoms in total. The number of hydrogen-bond acceptors (Lipinski definition) is 3. The molecule has 4 heteroatoms. The molecule has 1 aromatic carbocycles. The lowest BCUT2D eigenvalue weighted by atomic mass is 10.1. The second kappa shape index (κ2) is 8.90. The van der Waals surface area contributed by atoms with Gasteiger partial charge in [0.1, 0.15) is 0 Å². The van der Waals surface area contributed by atoms with Crippen molar-refractivity contribution in [2.24, 2.45) is 0 Å². The molecule has 0 spiro atoms. The number of amides is 1. The van der Waals surface area contributed by atoms with Crippen molar-refractivity contribution >= 4 is 12.0 Å². The molecule has 0 aliphatic rings. The molecule has 0 atom stereocenters. The minimum Gasteiger partial charge on any atom is -0.382 e. The highest BCUT2D eigenvalue weighted by atomic mass is 16.5. The fourth-order valence-corrected chi connectivity index (χ4v) is 1.50. The van der Waals surface area contributed by atoms with Crippen molar-refractivity contribution in [3.63, 3.8) is 0 Å². The third-order valence-electron chi connectivity index (χ3n) is 2.46. The molecule has 0 bridgehead atoms. The number of nitriles is 1. The average Bonchev–Trinajstić information content (AvgIpc) is 2.45. The van der Waals surface area contributed by atoms with Gasteiger partial charge in [0.15, 0.2) is 0 Å². The van der Waals surface area contributed by atoms with E-state index in [4.69, 9.17) is 10.00 Å². The Morgan fingerprint density at radius 2 is 2.26 bits per heavy atom. The summed E-state index contributed by atoms with van der Waals surface area (Å²) < 4.78 is 5.17. The third kappa shape index (κ3) is 5.84. The van der Waals surface area contributed by atoms with Crippen LogP contribution in [0.5, 0.6) is 0 Å². The molecule has 19 heavy (non-hydrogen) atoms. The van der Waals surface area contributed by atoms with E-state index < -0.39 is 0 Å². The smallest absolute Gasteiger partial charge is 0.244 e. The van der Waals surface area contributed by atoms with Gasteiger partial charge in [-0.05, 0) is 31.1 Å². The quantitative estimate of drug-likeness (QED) is 0.602. The molecule has 0 aliphatic heterocycles. The van der Waals surface area contributed by atoms with E-state index in [0.29, 0.717) is 25.3 Å². The molecule has 0 aliphatic carbocycles. The standard InChI is InChI=1S/C15H18N2O2/c1-2-19-11-5-10-17-15(18)9-8-13-6-3-4-7-14(13)12-16/h3-4,6-9H,2,5,10-11H2,1H3,(H,17,18)/b9-8+. The molecule has 1 amide bonds. The monoisotopic (exact) mass is 258 g/mol. The summed E-state index contributed by atoms with van der Waals surface area (Å²) in [7, 11) is 0. The molecular weight excluding hydrogens is 240 g/mol. The number of hydrogen-bond donors (Lipinski definition) is 1. The van der Waals surface area contributed by atoms with Gasteiger partial charge in [-0.3, -0.25) is 4.79 Å². The van der Waals surface area contributed by atoms with Crippen molar-refractivity contribution in [2.45, 2.75) is 13.3 Å². The molecule has 0 saturated carbocycles. The summed E-state index contributed by atoms with van der Waals surface area (Å²) in [6.45, 7) is 3.87. The Balaban J connectivity index is 2.39. The highest BCUT2D eigenvalue weighted by molar-refractivity contribution is 5.92. The highest BCUT2D eigenvalue weighted by Crippen LogP contribution is 2.08. The first-order valence-electron chi connectivity index (χ1n) is 6.30. The molecule has 0 fully saturated rings. The van der Waals surface area contributed by atoms with Crippen molar-refractivity contribution in [1.82, 2.24) is 5.32 Å². The van der Waals surface area contributed by atoms with Crippen LogP contribution < -0.4 is 5.32 Å². The van der Waals surface area contributed by atoms with Gasteiger partial charge in [0, 0.05) is 25.8 Å². The van der Waals surface area contributed by atoms with Crippen LogP contribution in [-0.4, -0.2) is 25.7 Å². The molecule has 100 valence electrons. The first-order valence-corrected chi connectivity index (χ1v) is 6.30. The molecule has 0 aromatic heterocycles. The van der Waals surface area contributed by atoms with Gasteiger partial charge in [0.25, 0.3) is 0 Å². The number of nitrogens with zero attached hydrogens (tertiary/aromatic N) is 1. The predicted octanol–water partition coefficient (Wildman–Crippen LogP) is 2.11. The zero-order valence-corrected chi connectivity index (χ0v) is 11.1. The summed E-state index contributed by atoms with van der Waals surface area (Å²) in [5, 5.41) is 11.7. The number of ether oxygens (including phenoxy) is 1. The van der Waals surface area contributed by atoms with E-state index in [9.17, 15) is 4.79 Å². The molecule has 0 radical (unpaired) electrons. The lowest BCUT2D eigenvalue weighted by molar-refractivity contribution is -0.116. The van der Waals surface area contributed by atoms with E-state index in [1.54, 1.807) is 24.3 Å². The summed E-state index contributed by atoms with van der Waals surface area (Å²) in [4.78, 5) is 11.5. The average molecular weight is 258 g/mol. The maximum atomic E-state index is 11.5. The minimum atomic E-state index is -0.163. The Bertz CT molecular complexity index is 475. The summed E-state index contributed by atoms with van der Waals surface area (Å²) in [6, 6.07) is 9.24. The van der Waals surface area contributed by atoms with E-state index in [-0.39, 0.29) is 5.91 Å². The van der Waals surface area contributed by atoms with Crippen LogP contribution in [0.3, 0.4) is 0 Å². The van der Waals surface area contributed by atoms with Crippen LogP contribution in [0.25, 0.3) is 6.08 Å². The Morgan fingerprint density at radius 3 is 3.00 bits per heavy atom. The van der Waals surface area contributed by atoms with Gasteiger partial charge < -0.3 is 10.1 Å². The minimum absolute atomic E-state index is 0.163. The molecule has 1 rings (SSSR count). The van der Waals surface area contributed by atoms with Crippen LogP contribution in [0.4, 0.5) is 0 Å². The lowest BCUT2D eigenvalue weighted by Gasteiger charge is -2.02. The summed E-state index contributed by atoms with van der Waals surface area (Å²) in [6.07, 6.45) is 3.88. The van der Waals surface area contributed by atoms with Crippen molar-refractivity contribution in [2.75, 3.05) is 19.8 Å². The predicted molar refractivity (Wildman–Crippen MR) is 74.3 cm³/mol. The number of nitrogens with one attached hydrogen (secondary N) is 1. The Labute approximate surface area is 113 Å². The highest BCUT2D eigenvalue weighted by Gasteiger charge is 1.98. The van der Waals surface area contributed by atoms with Gasteiger partial charge in [-0.1, -0.05) is 18.2 Å². The maximum Gasteiger partial charge on any atom is 0.244 e.